The van der Waals surface area contributed by atoms with Crippen LogP contribution in [0.25, 0.3) is 0 Å². The number of phosphoric ester groups is 1. The van der Waals surface area contributed by atoms with Gasteiger partial charge >= 0.3 is 44.0 Å². The van der Waals surface area contributed by atoms with E-state index in [-0.39, 0.29) is 0 Å². The molecule has 0 fully saturated rings. The number of esters is 4. The molecule has 19 nitrogen and oxygen atoms in total. The van der Waals surface area contributed by atoms with Gasteiger partial charge in [-0.2, -0.15) is 0 Å². The first-order valence-corrected chi connectivity index (χ1v) is 11.7. The zero-order valence-electron chi connectivity index (χ0n) is 20.8. The second-order valence-corrected chi connectivity index (χ2v) is 8.15. The molecule has 2 unspecified atom stereocenters. The Bertz CT molecular complexity index is 862. The topological polar surface area (TPSA) is 247 Å². The number of hydrogen-bond donors (Lipinski definition) is 1. The van der Waals surface area contributed by atoms with E-state index in [1.165, 1.54) is 0 Å². The summed E-state index contributed by atoms with van der Waals surface area (Å²) in [7, 11) is -4.64. The minimum atomic E-state index is -4.64. The molecule has 0 radical (unpaired) electrons. The highest BCUT2D eigenvalue weighted by molar-refractivity contribution is 7.48. The van der Waals surface area contributed by atoms with Crippen molar-refractivity contribution in [2.75, 3.05) is 40.0 Å². The van der Waals surface area contributed by atoms with Gasteiger partial charge in [0.05, 0.1) is 13.2 Å². The summed E-state index contributed by atoms with van der Waals surface area (Å²) in [6.07, 6.45) is -5.60. The molecule has 0 aliphatic heterocycles. The number of nitrogens with two attached hydrogens (primary N) is 1. The van der Waals surface area contributed by atoms with Crippen LogP contribution in [0.1, 0.15) is 27.7 Å². The maximum Gasteiger partial charge on any atom is 0.511 e. The number of carbonyl (C=O) groups excluding carboxylic acids is 6. The van der Waals surface area contributed by atoms with Crippen molar-refractivity contribution in [1.29, 1.82) is 0 Å². The standard InChI is InChI=1S/C18H28NO18P/c1-11(20)27-5-15(35-14(4)23)7-33-38(26,37-19)34-8-16(36-18(25)32-10-30-13(3)22)6-28-17(24)31-9-29-12(2)21/h15-16H,5-10,19H2,1-4H3/t15-,16?,38?/m1/s1. The fourth-order valence-electron chi connectivity index (χ4n) is 1.82. The van der Waals surface area contributed by atoms with Crippen LogP contribution in [0.4, 0.5) is 9.59 Å². The van der Waals surface area contributed by atoms with E-state index in [0.29, 0.717) is 0 Å². The number of ether oxygens (including phenoxy) is 8. The Morgan fingerprint density at radius 3 is 1.47 bits per heavy atom. The lowest BCUT2D eigenvalue weighted by Gasteiger charge is -2.22. The quantitative estimate of drug-likeness (QED) is 0.0798. The largest absolute Gasteiger partial charge is 0.511 e. The third-order valence-corrected chi connectivity index (χ3v) is 4.49. The Labute approximate surface area is 215 Å². The van der Waals surface area contributed by atoms with E-state index in [2.05, 4.69) is 28.3 Å². The molecule has 0 saturated carbocycles. The lowest BCUT2D eigenvalue weighted by molar-refractivity contribution is -0.158. The van der Waals surface area contributed by atoms with Gasteiger partial charge in [0.25, 0.3) is 0 Å². The molecule has 0 spiro atoms. The summed E-state index contributed by atoms with van der Waals surface area (Å²) >= 11 is 0. The van der Waals surface area contributed by atoms with Crippen molar-refractivity contribution in [2.24, 2.45) is 5.90 Å². The van der Waals surface area contributed by atoms with Gasteiger partial charge in [-0.15, -0.1) is 0 Å². The molecule has 0 aromatic heterocycles. The average molecular weight is 577 g/mol. The molecule has 0 aliphatic rings. The van der Waals surface area contributed by atoms with Crippen LogP contribution in [0, 0.1) is 0 Å². The van der Waals surface area contributed by atoms with Crippen LogP contribution >= 0.6 is 7.82 Å². The maximum atomic E-state index is 12.6. The monoisotopic (exact) mass is 577 g/mol. The first-order valence-electron chi connectivity index (χ1n) is 10.2. The second-order valence-electron chi connectivity index (χ2n) is 6.53. The molecule has 38 heavy (non-hydrogen) atoms. The third kappa shape index (κ3) is 18.7. The Kier molecular flexibility index (Phi) is 17.0. The SMILES string of the molecule is CC(=O)OCOC(=O)OCC(COP(=O)(ON)OC[C@@H](COC(C)=O)OC(C)=O)OC(=O)OCOC(C)=O. The van der Waals surface area contributed by atoms with E-state index in [9.17, 15) is 33.3 Å². The number of phosphoric acid groups is 1. The van der Waals surface area contributed by atoms with Crippen molar-refractivity contribution in [1.82, 2.24) is 0 Å². The van der Waals surface area contributed by atoms with Gasteiger partial charge in [0.2, 0.25) is 13.6 Å². The number of hydrogen-bond acceptors (Lipinski definition) is 19. The van der Waals surface area contributed by atoms with Crippen molar-refractivity contribution in [2.45, 2.75) is 39.9 Å². The Hall–Kier alpha value is -3.51. The van der Waals surface area contributed by atoms with Crippen LogP contribution in [-0.4, -0.2) is 88.4 Å². The molecule has 0 heterocycles. The van der Waals surface area contributed by atoms with E-state index >= 15 is 0 Å². The lowest BCUT2D eigenvalue weighted by atomic mass is 10.4. The van der Waals surface area contributed by atoms with E-state index in [1.54, 1.807) is 0 Å². The van der Waals surface area contributed by atoms with Crippen LogP contribution in [0.5, 0.6) is 0 Å². The molecule has 0 aromatic carbocycles. The zero-order valence-corrected chi connectivity index (χ0v) is 21.7. The molecule has 3 atom stereocenters. The minimum Gasteiger partial charge on any atom is -0.462 e. The number of carbonyl (C=O) groups is 6. The summed E-state index contributed by atoms with van der Waals surface area (Å²) in [5.74, 6) is 1.96. The summed E-state index contributed by atoms with van der Waals surface area (Å²) in [5.41, 5.74) is 0. The van der Waals surface area contributed by atoms with Crippen LogP contribution in [0.15, 0.2) is 0 Å². The van der Waals surface area contributed by atoms with Gasteiger partial charge in [0, 0.05) is 27.7 Å². The highest BCUT2D eigenvalue weighted by Crippen LogP contribution is 2.48. The molecule has 0 aromatic rings. The predicted octanol–water partition coefficient (Wildman–Crippen LogP) is 0.229. The Morgan fingerprint density at radius 2 is 1.03 bits per heavy atom. The summed E-state index contributed by atoms with van der Waals surface area (Å²) < 4.78 is 63.4. The number of rotatable bonds is 17. The van der Waals surface area contributed by atoms with Gasteiger partial charge in [-0.25, -0.2) is 24.7 Å². The molecule has 0 aliphatic carbocycles. The normalized spacial score (nSPS) is 13.5. The van der Waals surface area contributed by atoms with Crippen LogP contribution in [0.2, 0.25) is 0 Å². The molecule has 0 amide bonds. The summed E-state index contributed by atoms with van der Waals surface area (Å²) in [6.45, 7) is -0.165. The zero-order chi connectivity index (χ0) is 29.1. The van der Waals surface area contributed by atoms with Gasteiger partial charge in [-0.3, -0.25) is 28.2 Å². The second kappa shape index (κ2) is 18.7. The molecular formula is C18H28NO18P. The highest BCUT2D eigenvalue weighted by atomic mass is 31.2. The van der Waals surface area contributed by atoms with Gasteiger partial charge < -0.3 is 37.9 Å². The third-order valence-electron chi connectivity index (χ3n) is 3.30. The molecule has 20 heteroatoms. The predicted molar refractivity (Wildman–Crippen MR) is 114 cm³/mol. The van der Waals surface area contributed by atoms with Gasteiger partial charge in [-0.05, 0) is 0 Å². The smallest absolute Gasteiger partial charge is 0.462 e. The van der Waals surface area contributed by atoms with E-state index in [4.69, 9.17) is 29.2 Å². The molecule has 0 rings (SSSR count). The molecule has 2 N–H and O–H groups in total. The van der Waals surface area contributed by atoms with Crippen LogP contribution < -0.4 is 5.90 Å². The summed E-state index contributed by atoms with van der Waals surface area (Å²) in [5, 5.41) is 0. The minimum absolute atomic E-state index is 0.470. The first-order chi connectivity index (χ1) is 17.8. The van der Waals surface area contributed by atoms with Crippen molar-refractivity contribution in [3.63, 3.8) is 0 Å². The molecule has 218 valence electrons. The molecular weight excluding hydrogens is 549 g/mol. The maximum absolute atomic E-state index is 12.6. The van der Waals surface area contributed by atoms with Gasteiger partial charge in [0.15, 0.2) is 12.2 Å². The van der Waals surface area contributed by atoms with E-state index < -0.39 is 96.2 Å². The Morgan fingerprint density at radius 1 is 0.579 bits per heavy atom. The van der Waals surface area contributed by atoms with E-state index in [1.807, 2.05) is 0 Å². The highest BCUT2D eigenvalue weighted by Gasteiger charge is 2.32. The fraction of sp³-hybridized carbons (Fsp3) is 0.667. The van der Waals surface area contributed by atoms with Crippen molar-refractivity contribution >= 4 is 44.0 Å². The summed E-state index contributed by atoms with van der Waals surface area (Å²) in [6, 6.07) is 0. The van der Waals surface area contributed by atoms with E-state index in [0.717, 1.165) is 27.7 Å². The van der Waals surface area contributed by atoms with Crippen molar-refractivity contribution in [3.8, 4) is 0 Å². The summed E-state index contributed by atoms with van der Waals surface area (Å²) in [4.78, 5) is 67.0. The average Bonchev–Trinajstić information content (AvgIpc) is 2.81. The molecule has 0 saturated heterocycles. The van der Waals surface area contributed by atoms with Crippen molar-refractivity contribution in [3.05, 3.63) is 0 Å². The lowest BCUT2D eigenvalue weighted by Crippen LogP contribution is -2.31. The first kappa shape index (κ1) is 34.5. The van der Waals surface area contributed by atoms with Crippen molar-refractivity contribution < 1.29 is 84.9 Å². The van der Waals surface area contributed by atoms with Gasteiger partial charge in [-0.1, -0.05) is 0 Å². The van der Waals surface area contributed by atoms with Gasteiger partial charge in [0.1, 0.15) is 13.2 Å². The Balaban J connectivity index is 5.14. The van der Waals surface area contributed by atoms with Crippen LogP contribution in [-0.2, 0) is 75.3 Å². The fourth-order valence-corrected chi connectivity index (χ4v) is 2.71. The molecule has 0 bridgehead atoms. The van der Waals surface area contributed by atoms with Crippen LogP contribution in [0.3, 0.4) is 0 Å².